The molecule has 3 unspecified atom stereocenters. The van der Waals surface area contributed by atoms with Gasteiger partial charge in [0.05, 0.1) is 0 Å². The molecule has 3 atom stereocenters. The Balaban J connectivity index is 1.92. The molecule has 100 valence electrons. The number of nitrogens with one attached hydrogen (secondary N) is 1. The summed E-state index contributed by atoms with van der Waals surface area (Å²) in [5.41, 5.74) is 0. The average Bonchev–Trinajstić information content (AvgIpc) is 2.29. The van der Waals surface area contributed by atoms with Crippen LogP contribution in [0.15, 0.2) is 0 Å². The maximum Gasteiger partial charge on any atom is 0.0223 e. The van der Waals surface area contributed by atoms with Crippen molar-refractivity contribution in [1.82, 2.24) is 15.1 Å². The molecular weight excluding hydrogens is 210 g/mol. The lowest BCUT2D eigenvalue weighted by atomic mass is 10.00. The maximum absolute atomic E-state index is 3.63. The highest BCUT2D eigenvalue weighted by atomic mass is 15.2. The summed E-state index contributed by atoms with van der Waals surface area (Å²) in [5, 5.41) is 3.63. The van der Waals surface area contributed by atoms with Crippen molar-refractivity contribution in [2.45, 2.75) is 45.2 Å². The Kier molecular flexibility index (Phi) is 4.83. The van der Waals surface area contributed by atoms with Crippen LogP contribution >= 0.6 is 0 Å². The van der Waals surface area contributed by atoms with Crippen LogP contribution in [-0.2, 0) is 0 Å². The monoisotopic (exact) mass is 239 g/mol. The molecule has 0 amide bonds. The standard InChI is InChI=1S/C14H29N3/c1-12-9-15-13(2)6-8-17(10-12)14-5-4-7-16(3)11-14/h12-15H,4-11H2,1-3H3. The van der Waals surface area contributed by atoms with Crippen LogP contribution in [0.4, 0.5) is 0 Å². The molecular formula is C14H29N3. The second kappa shape index (κ2) is 6.17. The summed E-state index contributed by atoms with van der Waals surface area (Å²) >= 11 is 0. The molecule has 3 heteroatoms. The largest absolute Gasteiger partial charge is 0.314 e. The smallest absolute Gasteiger partial charge is 0.0223 e. The highest BCUT2D eigenvalue weighted by Crippen LogP contribution is 2.18. The van der Waals surface area contributed by atoms with Gasteiger partial charge in [-0.05, 0) is 58.8 Å². The zero-order valence-electron chi connectivity index (χ0n) is 11.8. The molecule has 2 heterocycles. The zero-order chi connectivity index (χ0) is 12.3. The van der Waals surface area contributed by atoms with E-state index in [2.05, 4.69) is 36.0 Å². The van der Waals surface area contributed by atoms with E-state index >= 15 is 0 Å². The first-order chi connectivity index (χ1) is 8.15. The molecule has 0 aromatic carbocycles. The van der Waals surface area contributed by atoms with Crippen molar-refractivity contribution in [3.63, 3.8) is 0 Å². The van der Waals surface area contributed by atoms with Gasteiger partial charge in [-0.1, -0.05) is 6.92 Å². The minimum absolute atomic E-state index is 0.682. The molecule has 3 nitrogen and oxygen atoms in total. The second-order valence-electron chi connectivity index (χ2n) is 6.26. The average molecular weight is 239 g/mol. The molecule has 2 fully saturated rings. The van der Waals surface area contributed by atoms with E-state index in [1.165, 1.54) is 52.0 Å². The summed E-state index contributed by atoms with van der Waals surface area (Å²) in [6, 6.07) is 1.49. The lowest BCUT2D eigenvalue weighted by Gasteiger charge is -2.41. The topological polar surface area (TPSA) is 18.5 Å². The Morgan fingerprint density at radius 1 is 1.06 bits per heavy atom. The fraction of sp³-hybridized carbons (Fsp3) is 1.00. The maximum atomic E-state index is 3.63. The molecule has 0 aromatic heterocycles. The highest BCUT2D eigenvalue weighted by molar-refractivity contribution is 4.83. The Hall–Kier alpha value is -0.120. The Morgan fingerprint density at radius 2 is 1.88 bits per heavy atom. The fourth-order valence-electron chi connectivity index (χ4n) is 3.19. The number of likely N-dealkylation sites (N-methyl/N-ethyl adjacent to an activating group) is 1. The van der Waals surface area contributed by atoms with Crippen LogP contribution in [0.3, 0.4) is 0 Å². The highest BCUT2D eigenvalue weighted by Gasteiger charge is 2.26. The van der Waals surface area contributed by atoms with Gasteiger partial charge in [0.15, 0.2) is 0 Å². The zero-order valence-corrected chi connectivity index (χ0v) is 11.8. The van der Waals surface area contributed by atoms with Crippen LogP contribution in [0.25, 0.3) is 0 Å². The molecule has 0 saturated carbocycles. The minimum atomic E-state index is 0.682. The van der Waals surface area contributed by atoms with Crippen LogP contribution in [0.2, 0.25) is 0 Å². The summed E-state index contributed by atoms with van der Waals surface area (Å²) in [4.78, 5) is 5.26. The van der Waals surface area contributed by atoms with Gasteiger partial charge in [0.25, 0.3) is 0 Å². The van der Waals surface area contributed by atoms with Crippen molar-refractivity contribution in [3.05, 3.63) is 0 Å². The number of likely N-dealkylation sites (tertiary alicyclic amines) is 1. The molecule has 0 radical (unpaired) electrons. The van der Waals surface area contributed by atoms with Gasteiger partial charge >= 0.3 is 0 Å². The molecule has 0 aliphatic carbocycles. The fourth-order valence-corrected chi connectivity index (χ4v) is 3.19. The van der Waals surface area contributed by atoms with Gasteiger partial charge in [0.2, 0.25) is 0 Å². The van der Waals surface area contributed by atoms with Gasteiger partial charge in [0.1, 0.15) is 0 Å². The lowest BCUT2D eigenvalue weighted by Crippen LogP contribution is -2.51. The SMILES string of the molecule is CC1CNC(C)CCN(C2CCCN(C)C2)C1. The normalized spacial score (nSPS) is 38.6. The first kappa shape index (κ1) is 13.3. The van der Waals surface area contributed by atoms with E-state index in [-0.39, 0.29) is 0 Å². The van der Waals surface area contributed by atoms with E-state index in [4.69, 9.17) is 0 Å². The molecule has 17 heavy (non-hydrogen) atoms. The minimum Gasteiger partial charge on any atom is -0.314 e. The van der Waals surface area contributed by atoms with E-state index < -0.39 is 0 Å². The van der Waals surface area contributed by atoms with Gasteiger partial charge in [-0.3, -0.25) is 4.90 Å². The number of hydrogen-bond donors (Lipinski definition) is 1. The van der Waals surface area contributed by atoms with Crippen molar-refractivity contribution >= 4 is 0 Å². The third-order valence-electron chi connectivity index (χ3n) is 4.33. The van der Waals surface area contributed by atoms with E-state index in [9.17, 15) is 0 Å². The first-order valence-corrected chi connectivity index (χ1v) is 7.31. The van der Waals surface area contributed by atoms with Gasteiger partial charge in [-0.2, -0.15) is 0 Å². The van der Waals surface area contributed by atoms with E-state index in [0.717, 1.165) is 12.0 Å². The predicted molar refractivity (Wildman–Crippen MR) is 73.3 cm³/mol. The van der Waals surface area contributed by atoms with E-state index in [1.807, 2.05) is 0 Å². The van der Waals surface area contributed by atoms with Gasteiger partial charge in [-0.15, -0.1) is 0 Å². The Labute approximate surface area is 107 Å². The van der Waals surface area contributed by atoms with Crippen LogP contribution < -0.4 is 5.32 Å². The Morgan fingerprint density at radius 3 is 2.65 bits per heavy atom. The summed E-state index contributed by atoms with van der Waals surface area (Å²) in [6.07, 6.45) is 4.08. The summed E-state index contributed by atoms with van der Waals surface area (Å²) in [7, 11) is 2.27. The van der Waals surface area contributed by atoms with Crippen LogP contribution in [-0.4, -0.2) is 61.7 Å². The van der Waals surface area contributed by atoms with Crippen LogP contribution in [0.5, 0.6) is 0 Å². The molecule has 2 saturated heterocycles. The third-order valence-corrected chi connectivity index (χ3v) is 4.33. The van der Waals surface area contributed by atoms with Crippen molar-refractivity contribution in [2.75, 3.05) is 39.8 Å². The van der Waals surface area contributed by atoms with Crippen molar-refractivity contribution in [2.24, 2.45) is 5.92 Å². The molecule has 2 aliphatic heterocycles. The van der Waals surface area contributed by atoms with E-state index in [0.29, 0.717) is 6.04 Å². The predicted octanol–water partition coefficient (Wildman–Crippen LogP) is 1.40. The molecule has 0 spiro atoms. The molecule has 0 bridgehead atoms. The summed E-state index contributed by atoms with van der Waals surface area (Å²) < 4.78 is 0. The summed E-state index contributed by atoms with van der Waals surface area (Å²) in [6.45, 7) is 11.0. The lowest BCUT2D eigenvalue weighted by molar-refractivity contribution is 0.0879. The number of hydrogen-bond acceptors (Lipinski definition) is 3. The molecule has 1 N–H and O–H groups in total. The van der Waals surface area contributed by atoms with Crippen molar-refractivity contribution in [3.8, 4) is 0 Å². The molecule has 0 aromatic rings. The van der Waals surface area contributed by atoms with Gasteiger partial charge in [-0.25, -0.2) is 0 Å². The van der Waals surface area contributed by atoms with Crippen molar-refractivity contribution in [1.29, 1.82) is 0 Å². The van der Waals surface area contributed by atoms with Crippen LogP contribution in [0, 0.1) is 5.92 Å². The van der Waals surface area contributed by atoms with Crippen molar-refractivity contribution < 1.29 is 0 Å². The summed E-state index contributed by atoms with van der Waals surface area (Å²) in [5.74, 6) is 0.782. The quantitative estimate of drug-likeness (QED) is 0.746. The number of nitrogens with zero attached hydrogens (tertiary/aromatic N) is 2. The first-order valence-electron chi connectivity index (χ1n) is 7.31. The molecule has 2 aliphatic rings. The second-order valence-corrected chi connectivity index (χ2v) is 6.26. The molecule has 2 rings (SSSR count). The van der Waals surface area contributed by atoms with Crippen LogP contribution in [0.1, 0.15) is 33.1 Å². The van der Waals surface area contributed by atoms with Gasteiger partial charge in [0, 0.05) is 25.2 Å². The van der Waals surface area contributed by atoms with Gasteiger partial charge < -0.3 is 10.2 Å². The van der Waals surface area contributed by atoms with E-state index in [1.54, 1.807) is 0 Å². The number of rotatable bonds is 1. The Bertz CT molecular complexity index is 232. The third kappa shape index (κ3) is 3.94. The number of piperidine rings is 1.